The first kappa shape index (κ1) is 13.7. The highest BCUT2D eigenvalue weighted by Crippen LogP contribution is 1.90. The molecule has 1 amide bonds. The molecule has 0 saturated heterocycles. The quantitative estimate of drug-likeness (QED) is 0.577. The van der Waals surface area contributed by atoms with Crippen LogP contribution in [0.2, 0.25) is 0 Å². The average Bonchev–Trinajstić information content (AvgIpc) is 2.15. The summed E-state index contributed by atoms with van der Waals surface area (Å²) in [6, 6.07) is 0. The first-order valence-electron chi connectivity index (χ1n) is 4.66. The van der Waals surface area contributed by atoms with Crippen molar-refractivity contribution < 1.29 is 14.3 Å². The fourth-order valence-electron chi connectivity index (χ4n) is 0.763. The fourth-order valence-corrected chi connectivity index (χ4v) is 1.05. The van der Waals surface area contributed by atoms with Crippen LogP contribution >= 0.6 is 11.8 Å². The predicted octanol–water partition coefficient (Wildman–Crippen LogP) is 0.519. The van der Waals surface area contributed by atoms with Gasteiger partial charge in [0.05, 0.1) is 26.4 Å². The zero-order chi connectivity index (χ0) is 10.6. The minimum Gasteiger partial charge on any atom is -0.378 e. The number of thioether (sulfide) groups is 1. The van der Waals surface area contributed by atoms with Crippen molar-refractivity contribution in [2.75, 3.05) is 45.0 Å². The second kappa shape index (κ2) is 10.8. The highest BCUT2D eigenvalue weighted by atomic mass is 32.2. The van der Waals surface area contributed by atoms with Crippen LogP contribution < -0.4 is 5.32 Å². The molecule has 0 fully saturated rings. The first-order valence-corrected chi connectivity index (χ1v) is 6.05. The van der Waals surface area contributed by atoms with Gasteiger partial charge in [-0.1, -0.05) is 0 Å². The molecule has 0 aliphatic carbocycles. The molecular formula is C9H19NO3S. The number of carbonyl (C=O) groups excluding carboxylic acids is 1. The summed E-state index contributed by atoms with van der Waals surface area (Å²) in [5.74, 6) is 0.996. The number of carbonyl (C=O) groups is 1. The van der Waals surface area contributed by atoms with E-state index in [1.54, 1.807) is 11.8 Å². The molecule has 1 N–H and O–H groups in total. The van der Waals surface area contributed by atoms with Crippen molar-refractivity contribution in [1.29, 1.82) is 0 Å². The summed E-state index contributed by atoms with van der Waals surface area (Å²) in [7, 11) is 0. The maximum Gasteiger partial charge on any atom is 0.216 e. The highest BCUT2D eigenvalue weighted by Gasteiger charge is 1.91. The zero-order valence-electron chi connectivity index (χ0n) is 8.88. The first-order chi connectivity index (χ1) is 6.77. The second-order valence-corrected chi connectivity index (χ2v) is 3.69. The Bertz CT molecular complexity index is 144. The van der Waals surface area contributed by atoms with Crippen LogP contribution in [-0.4, -0.2) is 50.9 Å². The molecule has 0 rings (SSSR count). The molecule has 84 valence electrons. The number of hydrogen-bond donors (Lipinski definition) is 1. The van der Waals surface area contributed by atoms with Crippen LogP contribution in [0.3, 0.4) is 0 Å². The summed E-state index contributed by atoms with van der Waals surface area (Å²) in [5.41, 5.74) is 0. The van der Waals surface area contributed by atoms with Crippen LogP contribution in [0.4, 0.5) is 0 Å². The molecule has 0 atom stereocenters. The number of hydrogen-bond acceptors (Lipinski definition) is 4. The number of ether oxygens (including phenoxy) is 2. The molecule has 0 aromatic carbocycles. The third kappa shape index (κ3) is 11.7. The molecule has 0 unspecified atom stereocenters. The van der Waals surface area contributed by atoms with Gasteiger partial charge in [-0.25, -0.2) is 0 Å². The molecule has 0 saturated carbocycles. The van der Waals surface area contributed by atoms with E-state index < -0.39 is 0 Å². The number of rotatable bonds is 9. The Morgan fingerprint density at radius 1 is 1.21 bits per heavy atom. The molecule has 0 bridgehead atoms. The van der Waals surface area contributed by atoms with Gasteiger partial charge in [0.2, 0.25) is 5.91 Å². The topological polar surface area (TPSA) is 47.6 Å². The molecule has 4 nitrogen and oxygen atoms in total. The van der Waals surface area contributed by atoms with Crippen LogP contribution in [0.5, 0.6) is 0 Å². The lowest BCUT2D eigenvalue weighted by atomic mass is 10.6. The average molecular weight is 221 g/mol. The smallest absolute Gasteiger partial charge is 0.216 e. The van der Waals surface area contributed by atoms with E-state index in [1.165, 1.54) is 6.92 Å². The van der Waals surface area contributed by atoms with Crippen LogP contribution in [-0.2, 0) is 14.3 Å². The summed E-state index contributed by atoms with van der Waals surface area (Å²) in [6.45, 7) is 4.60. The van der Waals surface area contributed by atoms with Crippen molar-refractivity contribution in [3.8, 4) is 0 Å². The van der Waals surface area contributed by atoms with E-state index in [0.717, 1.165) is 12.4 Å². The maximum absolute atomic E-state index is 10.5. The van der Waals surface area contributed by atoms with Crippen LogP contribution in [0.25, 0.3) is 0 Å². The van der Waals surface area contributed by atoms with E-state index in [0.29, 0.717) is 26.4 Å². The lowest BCUT2D eigenvalue weighted by molar-refractivity contribution is -0.119. The Hall–Kier alpha value is -0.260. The summed E-state index contributed by atoms with van der Waals surface area (Å²) in [4.78, 5) is 10.5. The molecular weight excluding hydrogens is 202 g/mol. The molecule has 0 aromatic rings. The number of nitrogens with one attached hydrogen (secondary N) is 1. The summed E-state index contributed by atoms with van der Waals surface area (Å²) in [6.07, 6.45) is 2.05. The predicted molar refractivity (Wildman–Crippen MR) is 58.7 cm³/mol. The Morgan fingerprint density at radius 2 is 1.86 bits per heavy atom. The van der Waals surface area contributed by atoms with Gasteiger partial charge in [0.25, 0.3) is 0 Å². The monoisotopic (exact) mass is 221 g/mol. The van der Waals surface area contributed by atoms with Crippen molar-refractivity contribution in [3.63, 3.8) is 0 Å². The van der Waals surface area contributed by atoms with Gasteiger partial charge < -0.3 is 14.8 Å². The van der Waals surface area contributed by atoms with Gasteiger partial charge in [-0.3, -0.25) is 4.79 Å². The van der Waals surface area contributed by atoms with Gasteiger partial charge in [0.15, 0.2) is 0 Å². The van der Waals surface area contributed by atoms with Gasteiger partial charge in [0, 0.05) is 19.2 Å². The minimum absolute atomic E-state index is 0.0233. The molecule has 0 heterocycles. The Balaban J connectivity index is 2.88. The Kier molecular flexibility index (Phi) is 10.6. The van der Waals surface area contributed by atoms with Crippen molar-refractivity contribution in [1.82, 2.24) is 5.32 Å². The summed E-state index contributed by atoms with van der Waals surface area (Å²) >= 11 is 1.76. The van der Waals surface area contributed by atoms with E-state index in [2.05, 4.69) is 5.32 Å². The van der Waals surface area contributed by atoms with Crippen molar-refractivity contribution in [2.24, 2.45) is 0 Å². The van der Waals surface area contributed by atoms with Gasteiger partial charge in [-0.05, 0) is 6.26 Å². The van der Waals surface area contributed by atoms with Crippen molar-refractivity contribution in [2.45, 2.75) is 6.92 Å². The third-order valence-electron chi connectivity index (χ3n) is 1.42. The van der Waals surface area contributed by atoms with E-state index in [1.807, 2.05) is 6.26 Å². The number of amides is 1. The summed E-state index contributed by atoms with van der Waals surface area (Å²) in [5, 5.41) is 2.65. The summed E-state index contributed by atoms with van der Waals surface area (Å²) < 4.78 is 10.5. The van der Waals surface area contributed by atoms with Crippen molar-refractivity contribution in [3.05, 3.63) is 0 Å². The van der Waals surface area contributed by atoms with Gasteiger partial charge in [-0.2, -0.15) is 11.8 Å². The van der Waals surface area contributed by atoms with Gasteiger partial charge in [0.1, 0.15) is 0 Å². The van der Waals surface area contributed by atoms with Gasteiger partial charge in [-0.15, -0.1) is 0 Å². The molecule has 0 aliphatic rings. The lowest BCUT2D eigenvalue weighted by Gasteiger charge is -2.05. The minimum atomic E-state index is -0.0233. The normalized spacial score (nSPS) is 10.1. The highest BCUT2D eigenvalue weighted by molar-refractivity contribution is 7.98. The SMILES string of the molecule is CSCCOCCOCCNC(C)=O. The molecule has 5 heteroatoms. The molecule has 0 spiro atoms. The van der Waals surface area contributed by atoms with E-state index in [-0.39, 0.29) is 5.91 Å². The largest absolute Gasteiger partial charge is 0.378 e. The third-order valence-corrected chi connectivity index (χ3v) is 2.00. The Morgan fingerprint density at radius 3 is 2.43 bits per heavy atom. The molecule has 0 aromatic heterocycles. The maximum atomic E-state index is 10.5. The zero-order valence-corrected chi connectivity index (χ0v) is 9.69. The van der Waals surface area contributed by atoms with Crippen LogP contribution in [0, 0.1) is 0 Å². The second-order valence-electron chi connectivity index (χ2n) is 2.70. The molecule has 0 aliphatic heterocycles. The van der Waals surface area contributed by atoms with E-state index in [9.17, 15) is 4.79 Å². The molecule has 14 heavy (non-hydrogen) atoms. The van der Waals surface area contributed by atoms with E-state index >= 15 is 0 Å². The van der Waals surface area contributed by atoms with Crippen LogP contribution in [0.1, 0.15) is 6.92 Å². The lowest BCUT2D eigenvalue weighted by Crippen LogP contribution is -2.24. The Labute approximate surface area is 89.7 Å². The fraction of sp³-hybridized carbons (Fsp3) is 0.889. The standard InChI is InChI=1S/C9H19NO3S/c1-9(11)10-3-4-12-5-6-13-7-8-14-2/h3-8H2,1-2H3,(H,10,11). The van der Waals surface area contributed by atoms with E-state index in [4.69, 9.17) is 9.47 Å². The molecule has 0 radical (unpaired) electrons. The van der Waals surface area contributed by atoms with Crippen molar-refractivity contribution >= 4 is 17.7 Å². The van der Waals surface area contributed by atoms with Gasteiger partial charge >= 0.3 is 0 Å². The van der Waals surface area contributed by atoms with Crippen LogP contribution in [0.15, 0.2) is 0 Å².